The summed E-state index contributed by atoms with van der Waals surface area (Å²) in [4.78, 5) is 36.4. The van der Waals surface area contributed by atoms with Crippen molar-refractivity contribution >= 4 is 17.9 Å². The predicted octanol–water partition coefficient (Wildman–Crippen LogP) is 2.34. The molecule has 0 fully saturated rings. The Hall–Kier alpha value is -2.57. The monoisotopic (exact) mass is 377 g/mol. The van der Waals surface area contributed by atoms with Crippen molar-refractivity contribution in [1.29, 1.82) is 0 Å². The lowest BCUT2D eigenvalue weighted by Crippen LogP contribution is -2.55. The fraction of sp³-hybridized carbons (Fsp3) is 0.550. The van der Waals surface area contributed by atoms with Gasteiger partial charge in [-0.25, -0.2) is 4.79 Å². The minimum atomic E-state index is -0.806. The number of rotatable bonds is 10. The predicted molar refractivity (Wildman–Crippen MR) is 104 cm³/mol. The maximum absolute atomic E-state index is 12.6. The van der Waals surface area contributed by atoms with Crippen molar-refractivity contribution in [3.8, 4) is 0 Å². The molecule has 0 spiro atoms. The van der Waals surface area contributed by atoms with Crippen LogP contribution in [-0.2, 0) is 20.9 Å². The summed E-state index contributed by atoms with van der Waals surface area (Å²) in [7, 11) is 0. The van der Waals surface area contributed by atoms with E-state index in [9.17, 15) is 14.4 Å². The summed E-state index contributed by atoms with van der Waals surface area (Å²) < 4.78 is 5.19. The summed E-state index contributed by atoms with van der Waals surface area (Å²) in [6.45, 7) is 7.75. The van der Waals surface area contributed by atoms with Gasteiger partial charge < -0.3 is 21.1 Å². The molecule has 0 radical (unpaired) electrons. The number of hydrogen-bond acceptors (Lipinski definition) is 4. The third-order valence-corrected chi connectivity index (χ3v) is 4.35. The van der Waals surface area contributed by atoms with Crippen LogP contribution in [0.2, 0.25) is 0 Å². The number of ether oxygens (including phenoxy) is 1. The number of nitrogens with two attached hydrogens (primary N) is 1. The molecule has 0 saturated heterocycles. The van der Waals surface area contributed by atoms with Crippen LogP contribution < -0.4 is 16.4 Å². The zero-order valence-corrected chi connectivity index (χ0v) is 16.5. The minimum Gasteiger partial charge on any atom is -0.445 e. The summed E-state index contributed by atoms with van der Waals surface area (Å²) in [5.74, 6) is -0.973. The SMILES string of the molecule is CC[C@H](C)[C@@H](NC(=O)[C@H](CC(C)C)NC(=O)OCc1ccccc1)C(N)=O. The Labute approximate surface area is 161 Å². The van der Waals surface area contributed by atoms with E-state index in [0.717, 1.165) is 5.56 Å². The second-order valence-electron chi connectivity index (χ2n) is 7.16. The Balaban J connectivity index is 2.71. The first-order chi connectivity index (χ1) is 12.7. The van der Waals surface area contributed by atoms with Gasteiger partial charge in [0, 0.05) is 0 Å². The molecule has 3 amide bonds. The fourth-order valence-electron chi connectivity index (χ4n) is 2.59. The van der Waals surface area contributed by atoms with Crippen LogP contribution in [-0.4, -0.2) is 30.0 Å². The summed E-state index contributed by atoms with van der Waals surface area (Å²) >= 11 is 0. The molecule has 1 aromatic rings. The standard InChI is InChI=1S/C20H31N3O4/c1-5-14(4)17(18(21)24)23-19(25)16(11-13(2)3)22-20(26)27-12-15-9-7-6-8-10-15/h6-10,13-14,16-17H,5,11-12H2,1-4H3,(H2,21,24)(H,22,26)(H,23,25)/t14-,16-,17+/m0/s1. The number of carbonyl (C=O) groups is 3. The highest BCUT2D eigenvalue weighted by Gasteiger charge is 2.29. The quantitative estimate of drug-likeness (QED) is 0.581. The van der Waals surface area contributed by atoms with E-state index in [4.69, 9.17) is 10.5 Å². The molecule has 7 nitrogen and oxygen atoms in total. The van der Waals surface area contributed by atoms with E-state index in [1.54, 1.807) is 0 Å². The molecular weight excluding hydrogens is 346 g/mol. The second-order valence-corrected chi connectivity index (χ2v) is 7.16. The number of nitrogens with one attached hydrogen (secondary N) is 2. The number of hydrogen-bond donors (Lipinski definition) is 3. The molecule has 150 valence electrons. The van der Waals surface area contributed by atoms with E-state index in [0.29, 0.717) is 12.8 Å². The summed E-state index contributed by atoms with van der Waals surface area (Å²) in [6.07, 6.45) is 0.423. The second kappa shape index (κ2) is 11.2. The molecular formula is C20H31N3O4. The van der Waals surface area contributed by atoms with Gasteiger partial charge >= 0.3 is 6.09 Å². The summed E-state index contributed by atoms with van der Waals surface area (Å²) in [5.41, 5.74) is 6.26. The number of carbonyl (C=O) groups excluding carboxylic acids is 3. The van der Waals surface area contributed by atoms with E-state index in [2.05, 4.69) is 10.6 Å². The molecule has 3 atom stereocenters. The van der Waals surface area contributed by atoms with Gasteiger partial charge in [0.15, 0.2) is 0 Å². The van der Waals surface area contributed by atoms with Gasteiger partial charge in [-0.05, 0) is 23.8 Å². The number of primary amides is 1. The van der Waals surface area contributed by atoms with Gasteiger partial charge in [-0.2, -0.15) is 0 Å². The van der Waals surface area contributed by atoms with Crippen LogP contribution in [0.5, 0.6) is 0 Å². The fourth-order valence-corrected chi connectivity index (χ4v) is 2.59. The first kappa shape index (κ1) is 22.5. The Morgan fingerprint density at radius 3 is 2.22 bits per heavy atom. The number of amides is 3. The van der Waals surface area contributed by atoms with Crippen LogP contribution >= 0.6 is 0 Å². The molecule has 4 N–H and O–H groups in total. The maximum Gasteiger partial charge on any atom is 0.408 e. The van der Waals surface area contributed by atoms with Gasteiger partial charge in [0.25, 0.3) is 0 Å². The first-order valence-electron chi connectivity index (χ1n) is 9.31. The van der Waals surface area contributed by atoms with Gasteiger partial charge in [-0.1, -0.05) is 64.4 Å². The van der Waals surface area contributed by atoms with E-state index < -0.39 is 30.0 Å². The lowest BCUT2D eigenvalue weighted by molar-refractivity contribution is -0.129. The molecule has 1 aromatic carbocycles. The van der Waals surface area contributed by atoms with Gasteiger partial charge in [0.2, 0.25) is 11.8 Å². The Morgan fingerprint density at radius 2 is 1.70 bits per heavy atom. The first-order valence-corrected chi connectivity index (χ1v) is 9.31. The Bertz CT molecular complexity index is 619. The van der Waals surface area contributed by atoms with Crippen LogP contribution in [0.3, 0.4) is 0 Å². The van der Waals surface area contributed by atoms with Crippen molar-refractivity contribution in [2.45, 2.75) is 59.2 Å². The Morgan fingerprint density at radius 1 is 1.07 bits per heavy atom. The van der Waals surface area contributed by atoms with E-state index in [1.807, 2.05) is 58.0 Å². The van der Waals surface area contributed by atoms with Crippen molar-refractivity contribution in [2.24, 2.45) is 17.6 Å². The topological polar surface area (TPSA) is 111 Å². The molecule has 0 unspecified atom stereocenters. The zero-order chi connectivity index (χ0) is 20.4. The van der Waals surface area contributed by atoms with E-state index >= 15 is 0 Å². The molecule has 0 aliphatic rings. The molecule has 0 aromatic heterocycles. The van der Waals surface area contributed by atoms with Gasteiger partial charge in [0.05, 0.1) is 0 Å². The number of alkyl carbamates (subject to hydrolysis) is 1. The molecule has 1 rings (SSSR count). The van der Waals surface area contributed by atoms with Crippen molar-refractivity contribution in [1.82, 2.24) is 10.6 Å². The lowest BCUT2D eigenvalue weighted by Gasteiger charge is -2.25. The largest absolute Gasteiger partial charge is 0.445 e. The molecule has 0 heterocycles. The number of benzene rings is 1. The molecule has 27 heavy (non-hydrogen) atoms. The molecule has 0 aliphatic carbocycles. The van der Waals surface area contributed by atoms with E-state index in [-0.39, 0.29) is 18.4 Å². The molecule has 7 heteroatoms. The van der Waals surface area contributed by atoms with Crippen LogP contribution in [0.4, 0.5) is 4.79 Å². The third kappa shape index (κ3) is 8.11. The van der Waals surface area contributed by atoms with Gasteiger partial charge in [-0.15, -0.1) is 0 Å². The average Bonchev–Trinajstić information content (AvgIpc) is 2.63. The van der Waals surface area contributed by atoms with Gasteiger partial charge in [0.1, 0.15) is 18.7 Å². The zero-order valence-electron chi connectivity index (χ0n) is 16.5. The van der Waals surface area contributed by atoms with Crippen LogP contribution in [0, 0.1) is 11.8 Å². The third-order valence-electron chi connectivity index (χ3n) is 4.35. The van der Waals surface area contributed by atoms with Crippen LogP contribution in [0.1, 0.15) is 46.1 Å². The summed E-state index contributed by atoms with van der Waals surface area (Å²) in [6, 6.07) is 7.68. The molecule has 0 bridgehead atoms. The average molecular weight is 377 g/mol. The van der Waals surface area contributed by atoms with Gasteiger partial charge in [-0.3, -0.25) is 9.59 Å². The molecule has 0 saturated carbocycles. The van der Waals surface area contributed by atoms with Crippen molar-refractivity contribution in [3.63, 3.8) is 0 Å². The highest BCUT2D eigenvalue weighted by atomic mass is 16.5. The van der Waals surface area contributed by atoms with Crippen molar-refractivity contribution in [2.75, 3.05) is 0 Å². The van der Waals surface area contributed by atoms with Crippen LogP contribution in [0.25, 0.3) is 0 Å². The van der Waals surface area contributed by atoms with Crippen LogP contribution in [0.15, 0.2) is 30.3 Å². The maximum atomic E-state index is 12.6. The highest BCUT2D eigenvalue weighted by Crippen LogP contribution is 2.10. The van der Waals surface area contributed by atoms with Crippen molar-refractivity contribution in [3.05, 3.63) is 35.9 Å². The van der Waals surface area contributed by atoms with E-state index in [1.165, 1.54) is 0 Å². The minimum absolute atomic E-state index is 0.101. The highest BCUT2D eigenvalue weighted by molar-refractivity contribution is 5.90. The summed E-state index contributed by atoms with van der Waals surface area (Å²) in [5, 5.41) is 5.26. The molecule has 0 aliphatic heterocycles. The normalized spacial score (nSPS) is 14.1. The van der Waals surface area contributed by atoms with Crippen molar-refractivity contribution < 1.29 is 19.1 Å². The lowest BCUT2D eigenvalue weighted by atomic mass is 9.97. The smallest absolute Gasteiger partial charge is 0.408 e. The Kier molecular flexibility index (Phi) is 9.33.